The van der Waals surface area contributed by atoms with Crippen molar-refractivity contribution in [3.63, 3.8) is 0 Å². The summed E-state index contributed by atoms with van der Waals surface area (Å²) in [4.78, 5) is 1.22. The molecule has 0 atom stereocenters. The molecule has 1 rings (SSSR count). The quantitative estimate of drug-likeness (QED) is 0.688. The summed E-state index contributed by atoms with van der Waals surface area (Å²) in [7, 11) is 0. The second kappa shape index (κ2) is 4.52. The molecule has 0 aliphatic heterocycles. The smallest absolute Gasteiger partial charge is 0.0670 e. The molecule has 14 heavy (non-hydrogen) atoms. The van der Waals surface area contributed by atoms with Crippen LogP contribution in [0.1, 0.15) is 26.3 Å². The molecule has 0 aliphatic rings. The number of rotatable bonds is 2. The van der Waals surface area contributed by atoms with Gasteiger partial charge in [0.1, 0.15) is 0 Å². The van der Waals surface area contributed by atoms with Gasteiger partial charge >= 0.3 is 0 Å². The summed E-state index contributed by atoms with van der Waals surface area (Å²) >= 11 is 1.82. The minimum atomic E-state index is 0.200. The molecule has 74 valence electrons. The van der Waals surface area contributed by atoms with Crippen LogP contribution in [0.5, 0.6) is 0 Å². The highest BCUT2D eigenvalue weighted by molar-refractivity contribution is 8.00. The van der Waals surface area contributed by atoms with Crippen molar-refractivity contribution < 1.29 is 0 Å². The number of benzene rings is 1. The fourth-order valence-corrected chi connectivity index (χ4v) is 2.24. The summed E-state index contributed by atoms with van der Waals surface area (Å²) in [6, 6.07) is 10.3. The van der Waals surface area contributed by atoms with E-state index in [1.807, 2.05) is 30.0 Å². The van der Waals surface area contributed by atoms with Crippen LogP contribution >= 0.6 is 11.8 Å². The van der Waals surface area contributed by atoms with E-state index in [-0.39, 0.29) is 4.75 Å². The molecular formula is C12H15NS. The summed E-state index contributed by atoms with van der Waals surface area (Å²) < 4.78 is 0.200. The highest BCUT2D eigenvalue weighted by atomic mass is 32.2. The standard InChI is InChI=1S/C12H15NS/c1-12(2,3)14-11-7-5-4-6-10(11)8-9-13/h4-7H,8H2,1-3H3. The lowest BCUT2D eigenvalue weighted by molar-refractivity contribution is 0.802. The van der Waals surface area contributed by atoms with Crippen LogP contribution in [-0.4, -0.2) is 4.75 Å². The Kier molecular flexibility index (Phi) is 3.60. The van der Waals surface area contributed by atoms with Gasteiger partial charge in [-0.2, -0.15) is 5.26 Å². The summed E-state index contributed by atoms with van der Waals surface area (Å²) in [6.45, 7) is 6.54. The van der Waals surface area contributed by atoms with Gasteiger partial charge in [-0.25, -0.2) is 0 Å². The van der Waals surface area contributed by atoms with Crippen molar-refractivity contribution in [3.05, 3.63) is 29.8 Å². The van der Waals surface area contributed by atoms with Gasteiger partial charge in [-0.1, -0.05) is 39.0 Å². The average molecular weight is 205 g/mol. The van der Waals surface area contributed by atoms with E-state index in [4.69, 9.17) is 5.26 Å². The van der Waals surface area contributed by atoms with Crippen LogP contribution < -0.4 is 0 Å². The van der Waals surface area contributed by atoms with Crippen LogP contribution in [0.4, 0.5) is 0 Å². The molecular weight excluding hydrogens is 190 g/mol. The van der Waals surface area contributed by atoms with Crippen molar-refractivity contribution in [2.24, 2.45) is 0 Å². The van der Waals surface area contributed by atoms with E-state index >= 15 is 0 Å². The van der Waals surface area contributed by atoms with E-state index in [1.165, 1.54) is 4.90 Å². The molecule has 0 aromatic heterocycles. The largest absolute Gasteiger partial charge is 0.198 e. The van der Waals surface area contributed by atoms with Crippen LogP contribution in [0.2, 0.25) is 0 Å². The molecule has 0 radical (unpaired) electrons. The van der Waals surface area contributed by atoms with Crippen LogP contribution in [0.25, 0.3) is 0 Å². The number of thioether (sulfide) groups is 1. The predicted molar refractivity (Wildman–Crippen MR) is 61.4 cm³/mol. The summed E-state index contributed by atoms with van der Waals surface area (Å²) in [5, 5.41) is 8.68. The van der Waals surface area contributed by atoms with Gasteiger partial charge in [0, 0.05) is 9.64 Å². The molecule has 0 saturated carbocycles. The zero-order valence-electron chi connectivity index (χ0n) is 8.87. The van der Waals surface area contributed by atoms with Gasteiger partial charge in [0.15, 0.2) is 0 Å². The summed E-state index contributed by atoms with van der Waals surface area (Å²) in [5.74, 6) is 0. The molecule has 0 heterocycles. The second-order valence-electron chi connectivity index (χ2n) is 4.16. The minimum Gasteiger partial charge on any atom is -0.198 e. The summed E-state index contributed by atoms with van der Waals surface area (Å²) in [6.07, 6.45) is 0.499. The van der Waals surface area contributed by atoms with Gasteiger partial charge in [0.25, 0.3) is 0 Å². The molecule has 0 bridgehead atoms. The Balaban J connectivity index is 2.91. The molecule has 0 spiro atoms. The highest BCUT2D eigenvalue weighted by Crippen LogP contribution is 2.33. The fraction of sp³-hybridized carbons (Fsp3) is 0.417. The lowest BCUT2D eigenvalue weighted by atomic mass is 10.2. The molecule has 1 nitrogen and oxygen atoms in total. The van der Waals surface area contributed by atoms with Crippen molar-refractivity contribution in [2.45, 2.75) is 36.8 Å². The van der Waals surface area contributed by atoms with Gasteiger partial charge in [0.2, 0.25) is 0 Å². The van der Waals surface area contributed by atoms with E-state index in [1.54, 1.807) is 0 Å². The molecule has 0 saturated heterocycles. The van der Waals surface area contributed by atoms with E-state index in [2.05, 4.69) is 32.9 Å². The normalized spacial score (nSPS) is 11.0. The number of hydrogen-bond donors (Lipinski definition) is 0. The highest BCUT2D eigenvalue weighted by Gasteiger charge is 2.13. The Bertz CT molecular complexity index is 344. The summed E-state index contributed by atoms with van der Waals surface area (Å²) in [5.41, 5.74) is 1.13. The molecule has 0 fully saturated rings. The van der Waals surface area contributed by atoms with Crippen molar-refractivity contribution in [1.82, 2.24) is 0 Å². The lowest BCUT2D eigenvalue weighted by Gasteiger charge is -2.19. The second-order valence-corrected chi connectivity index (χ2v) is 6.03. The monoisotopic (exact) mass is 205 g/mol. The Morgan fingerprint density at radius 1 is 1.29 bits per heavy atom. The van der Waals surface area contributed by atoms with Crippen LogP contribution in [0.3, 0.4) is 0 Å². The van der Waals surface area contributed by atoms with Crippen molar-refractivity contribution in [1.29, 1.82) is 5.26 Å². The van der Waals surface area contributed by atoms with E-state index < -0.39 is 0 Å². The van der Waals surface area contributed by atoms with E-state index in [9.17, 15) is 0 Å². The van der Waals surface area contributed by atoms with Crippen molar-refractivity contribution >= 4 is 11.8 Å². The molecule has 0 aliphatic carbocycles. The Hall–Kier alpha value is -0.940. The molecule has 2 heteroatoms. The SMILES string of the molecule is CC(C)(C)Sc1ccccc1CC#N. The molecule has 1 aromatic rings. The maximum Gasteiger partial charge on any atom is 0.0670 e. The first-order valence-electron chi connectivity index (χ1n) is 4.67. The first kappa shape index (κ1) is 11.1. The first-order valence-corrected chi connectivity index (χ1v) is 5.48. The third kappa shape index (κ3) is 3.43. The fourth-order valence-electron chi connectivity index (χ4n) is 1.16. The topological polar surface area (TPSA) is 23.8 Å². The molecule has 0 N–H and O–H groups in total. The van der Waals surface area contributed by atoms with Gasteiger partial charge in [-0.05, 0) is 11.6 Å². The maximum atomic E-state index is 8.68. The van der Waals surface area contributed by atoms with Crippen molar-refractivity contribution in [3.8, 4) is 6.07 Å². The number of hydrogen-bond acceptors (Lipinski definition) is 2. The third-order valence-electron chi connectivity index (χ3n) is 1.66. The Labute approximate surface area is 90.1 Å². The van der Waals surface area contributed by atoms with Crippen LogP contribution in [0.15, 0.2) is 29.2 Å². The predicted octanol–water partition coefficient (Wildman–Crippen LogP) is 3.64. The number of nitrogens with zero attached hydrogens (tertiary/aromatic N) is 1. The first-order chi connectivity index (χ1) is 6.53. The van der Waals surface area contributed by atoms with Gasteiger partial charge in [0.05, 0.1) is 12.5 Å². The number of nitriles is 1. The van der Waals surface area contributed by atoms with Crippen LogP contribution in [0, 0.1) is 11.3 Å². The molecule has 0 amide bonds. The molecule has 1 aromatic carbocycles. The third-order valence-corrected chi connectivity index (χ3v) is 2.89. The maximum absolute atomic E-state index is 8.68. The Morgan fingerprint density at radius 3 is 2.50 bits per heavy atom. The van der Waals surface area contributed by atoms with Gasteiger partial charge < -0.3 is 0 Å². The van der Waals surface area contributed by atoms with E-state index in [0.29, 0.717) is 6.42 Å². The zero-order valence-corrected chi connectivity index (χ0v) is 9.69. The Morgan fingerprint density at radius 2 is 1.93 bits per heavy atom. The zero-order chi connectivity index (χ0) is 10.6. The van der Waals surface area contributed by atoms with Crippen LogP contribution in [-0.2, 0) is 6.42 Å². The van der Waals surface area contributed by atoms with Gasteiger partial charge in [-0.15, -0.1) is 11.8 Å². The average Bonchev–Trinajstić information content (AvgIpc) is 2.06. The van der Waals surface area contributed by atoms with Crippen molar-refractivity contribution in [2.75, 3.05) is 0 Å². The lowest BCUT2D eigenvalue weighted by Crippen LogP contribution is -2.07. The minimum absolute atomic E-state index is 0.200. The van der Waals surface area contributed by atoms with E-state index in [0.717, 1.165) is 5.56 Å². The molecule has 0 unspecified atom stereocenters. The van der Waals surface area contributed by atoms with Gasteiger partial charge in [-0.3, -0.25) is 0 Å².